The number of nitrogens with zero attached hydrogens (tertiary/aromatic N) is 3. The van der Waals surface area contributed by atoms with Crippen molar-refractivity contribution in [2.24, 2.45) is 19.5 Å². The lowest BCUT2D eigenvalue weighted by molar-refractivity contribution is -0.130. The van der Waals surface area contributed by atoms with Crippen molar-refractivity contribution in [3.63, 3.8) is 0 Å². The van der Waals surface area contributed by atoms with Crippen LogP contribution in [0.2, 0.25) is 0 Å². The van der Waals surface area contributed by atoms with Crippen LogP contribution in [0.15, 0.2) is 21.9 Å². The SMILES string of the molecule is COCC1(C(=O)Nc2cnc3c(c2)c(=O)n(C)c(=O)n3C)CCNCC1. The summed E-state index contributed by atoms with van der Waals surface area (Å²) < 4.78 is 7.61. The molecule has 0 aromatic carbocycles. The van der Waals surface area contributed by atoms with Gasteiger partial charge in [-0.1, -0.05) is 0 Å². The number of anilines is 1. The molecule has 0 spiro atoms. The molecule has 2 aromatic rings. The fraction of sp³-hybridized carbons (Fsp3) is 0.529. The van der Waals surface area contributed by atoms with E-state index in [1.807, 2.05) is 0 Å². The highest BCUT2D eigenvalue weighted by molar-refractivity contribution is 5.96. The first-order valence-corrected chi connectivity index (χ1v) is 8.46. The van der Waals surface area contributed by atoms with E-state index in [2.05, 4.69) is 15.6 Å². The van der Waals surface area contributed by atoms with E-state index in [-0.39, 0.29) is 16.9 Å². The van der Waals surface area contributed by atoms with Crippen molar-refractivity contribution in [3.05, 3.63) is 33.1 Å². The second kappa shape index (κ2) is 7.00. The maximum absolute atomic E-state index is 12.9. The Morgan fingerprint density at radius 2 is 2.00 bits per heavy atom. The number of ether oxygens (including phenoxy) is 1. The van der Waals surface area contributed by atoms with Gasteiger partial charge < -0.3 is 15.4 Å². The van der Waals surface area contributed by atoms with Crippen molar-refractivity contribution in [1.82, 2.24) is 19.4 Å². The summed E-state index contributed by atoms with van der Waals surface area (Å²) in [6, 6.07) is 1.56. The van der Waals surface area contributed by atoms with Crippen molar-refractivity contribution in [2.75, 3.05) is 32.1 Å². The van der Waals surface area contributed by atoms with Crippen molar-refractivity contribution >= 4 is 22.6 Å². The molecule has 26 heavy (non-hydrogen) atoms. The molecule has 9 heteroatoms. The van der Waals surface area contributed by atoms with Crippen LogP contribution in [-0.2, 0) is 23.6 Å². The predicted octanol–water partition coefficient (Wildman–Crippen LogP) is -0.413. The molecule has 0 atom stereocenters. The highest BCUT2D eigenvalue weighted by Crippen LogP contribution is 2.31. The van der Waals surface area contributed by atoms with Gasteiger partial charge in [-0.15, -0.1) is 0 Å². The molecule has 3 rings (SSSR count). The van der Waals surface area contributed by atoms with Crippen molar-refractivity contribution in [1.29, 1.82) is 0 Å². The predicted molar refractivity (Wildman–Crippen MR) is 97.3 cm³/mol. The standard InChI is InChI=1S/C17H23N5O4/c1-21-13-12(14(23)22(2)16(21)25)8-11(9-19-13)20-15(24)17(10-26-3)4-6-18-7-5-17/h8-9,18H,4-7,10H2,1-3H3,(H,20,24). The Bertz CT molecular complexity index is 950. The molecule has 1 aliphatic rings. The molecule has 1 saturated heterocycles. The quantitative estimate of drug-likeness (QED) is 0.766. The zero-order valence-corrected chi connectivity index (χ0v) is 15.2. The van der Waals surface area contributed by atoms with Crippen LogP contribution < -0.4 is 21.9 Å². The summed E-state index contributed by atoms with van der Waals surface area (Å²) >= 11 is 0. The van der Waals surface area contributed by atoms with E-state index >= 15 is 0 Å². The minimum absolute atomic E-state index is 0.149. The summed E-state index contributed by atoms with van der Waals surface area (Å²) in [6.45, 7) is 1.82. The molecule has 2 N–H and O–H groups in total. The lowest BCUT2D eigenvalue weighted by Gasteiger charge is -2.35. The number of piperidine rings is 1. The minimum atomic E-state index is -0.608. The molecule has 9 nitrogen and oxygen atoms in total. The average Bonchev–Trinajstić information content (AvgIpc) is 2.65. The zero-order valence-electron chi connectivity index (χ0n) is 15.2. The third-order valence-corrected chi connectivity index (χ3v) is 5.01. The number of hydrogen-bond acceptors (Lipinski definition) is 6. The average molecular weight is 361 g/mol. The van der Waals surface area contributed by atoms with Gasteiger partial charge in [-0.2, -0.15) is 0 Å². The molecule has 1 fully saturated rings. The Kier molecular flexibility index (Phi) is 4.92. The molecule has 0 saturated carbocycles. The molecule has 0 bridgehead atoms. The Morgan fingerprint density at radius 1 is 1.31 bits per heavy atom. The van der Waals surface area contributed by atoms with Crippen molar-refractivity contribution in [3.8, 4) is 0 Å². The monoisotopic (exact) mass is 361 g/mol. The van der Waals surface area contributed by atoms with Crippen LogP contribution in [0.3, 0.4) is 0 Å². The molecular formula is C17H23N5O4. The second-order valence-electron chi connectivity index (χ2n) is 6.72. The van der Waals surface area contributed by atoms with E-state index in [4.69, 9.17) is 4.74 Å². The number of pyridine rings is 1. The number of nitrogens with one attached hydrogen (secondary N) is 2. The summed E-state index contributed by atoms with van der Waals surface area (Å²) in [5.74, 6) is -0.149. The fourth-order valence-corrected chi connectivity index (χ4v) is 3.42. The molecular weight excluding hydrogens is 338 g/mol. The van der Waals surface area contributed by atoms with Gasteiger partial charge >= 0.3 is 5.69 Å². The Labute approximate surface area is 150 Å². The lowest BCUT2D eigenvalue weighted by Crippen LogP contribution is -2.47. The largest absolute Gasteiger partial charge is 0.384 e. The Balaban J connectivity index is 1.97. The summed E-state index contributed by atoms with van der Waals surface area (Å²) in [6.07, 6.45) is 2.80. The molecule has 140 valence electrons. The maximum Gasteiger partial charge on any atom is 0.332 e. The van der Waals surface area contributed by atoms with Crippen LogP contribution >= 0.6 is 0 Å². The van der Waals surface area contributed by atoms with Crippen LogP contribution in [0.1, 0.15) is 12.8 Å². The van der Waals surface area contributed by atoms with Gasteiger partial charge in [0.2, 0.25) is 5.91 Å². The van der Waals surface area contributed by atoms with Crippen LogP contribution in [-0.4, -0.2) is 46.8 Å². The van der Waals surface area contributed by atoms with E-state index in [1.54, 1.807) is 20.2 Å². The number of carbonyl (C=O) groups excluding carboxylic acids is 1. The first kappa shape index (κ1) is 18.3. The van der Waals surface area contributed by atoms with Gasteiger partial charge in [0.05, 0.1) is 29.3 Å². The summed E-state index contributed by atoms with van der Waals surface area (Å²) in [5, 5.41) is 6.38. The lowest BCUT2D eigenvalue weighted by atomic mass is 9.78. The summed E-state index contributed by atoms with van der Waals surface area (Å²) in [4.78, 5) is 41.5. The number of aromatic nitrogens is 3. The van der Waals surface area contributed by atoms with Gasteiger partial charge in [-0.05, 0) is 32.0 Å². The smallest absolute Gasteiger partial charge is 0.332 e. The van der Waals surface area contributed by atoms with E-state index in [0.29, 0.717) is 25.1 Å². The van der Waals surface area contributed by atoms with Gasteiger partial charge in [0.25, 0.3) is 5.56 Å². The first-order valence-electron chi connectivity index (χ1n) is 8.46. The van der Waals surface area contributed by atoms with E-state index in [0.717, 1.165) is 17.7 Å². The molecule has 3 heterocycles. The summed E-state index contributed by atoms with van der Waals surface area (Å²) in [5.41, 5.74) is -0.791. The van der Waals surface area contributed by atoms with Crippen LogP contribution in [0.25, 0.3) is 11.0 Å². The van der Waals surface area contributed by atoms with Crippen LogP contribution in [0.5, 0.6) is 0 Å². The number of carbonyl (C=O) groups is 1. The topological polar surface area (TPSA) is 107 Å². The van der Waals surface area contributed by atoms with Crippen LogP contribution in [0, 0.1) is 5.41 Å². The molecule has 1 amide bonds. The number of methoxy groups -OCH3 is 1. The zero-order chi connectivity index (χ0) is 18.9. The molecule has 0 unspecified atom stereocenters. The second-order valence-corrected chi connectivity index (χ2v) is 6.72. The Morgan fingerprint density at radius 3 is 2.65 bits per heavy atom. The molecule has 0 aliphatic carbocycles. The number of rotatable bonds is 4. The Hall–Kier alpha value is -2.52. The number of hydrogen-bond donors (Lipinski definition) is 2. The number of aryl methyl sites for hydroxylation is 1. The number of fused-ring (bicyclic) bond motifs is 1. The molecule has 1 aliphatic heterocycles. The van der Waals surface area contributed by atoms with Gasteiger partial charge in [-0.25, -0.2) is 9.78 Å². The number of amides is 1. The van der Waals surface area contributed by atoms with Crippen molar-refractivity contribution < 1.29 is 9.53 Å². The van der Waals surface area contributed by atoms with E-state index in [9.17, 15) is 14.4 Å². The third-order valence-electron chi connectivity index (χ3n) is 5.01. The highest BCUT2D eigenvalue weighted by Gasteiger charge is 2.39. The highest BCUT2D eigenvalue weighted by atomic mass is 16.5. The van der Waals surface area contributed by atoms with Gasteiger partial charge in [0, 0.05) is 21.2 Å². The minimum Gasteiger partial charge on any atom is -0.384 e. The third kappa shape index (κ3) is 3.04. The van der Waals surface area contributed by atoms with E-state index in [1.165, 1.54) is 17.8 Å². The first-order chi connectivity index (χ1) is 12.4. The van der Waals surface area contributed by atoms with Gasteiger partial charge in [0.15, 0.2) is 0 Å². The molecule has 2 aromatic heterocycles. The van der Waals surface area contributed by atoms with Crippen LogP contribution in [0.4, 0.5) is 5.69 Å². The molecule has 0 radical (unpaired) electrons. The summed E-state index contributed by atoms with van der Waals surface area (Å²) in [7, 11) is 4.55. The fourth-order valence-electron chi connectivity index (χ4n) is 3.42. The van der Waals surface area contributed by atoms with Gasteiger partial charge in [0.1, 0.15) is 5.65 Å². The maximum atomic E-state index is 12.9. The van der Waals surface area contributed by atoms with Crippen molar-refractivity contribution in [2.45, 2.75) is 12.8 Å². The van der Waals surface area contributed by atoms with Gasteiger partial charge in [-0.3, -0.25) is 18.7 Å². The normalized spacial score (nSPS) is 16.6. The van der Waals surface area contributed by atoms with E-state index < -0.39 is 16.7 Å².